The maximum atomic E-state index is 5.84. The van der Waals surface area contributed by atoms with Gasteiger partial charge in [0.1, 0.15) is 5.15 Å². The molecule has 0 saturated heterocycles. The first-order valence-corrected chi connectivity index (χ1v) is 4.89. The van der Waals surface area contributed by atoms with Crippen LogP contribution in [-0.4, -0.2) is 10.9 Å². The number of halogens is 3. The second kappa shape index (κ2) is 5.34. The molecule has 0 N–H and O–H groups in total. The van der Waals surface area contributed by atoms with Gasteiger partial charge in [-0.1, -0.05) is 35.0 Å². The second-order valence-corrected chi connectivity index (χ2v) is 3.32. The van der Waals surface area contributed by atoms with Gasteiger partial charge >= 0.3 is 0 Å². The molecule has 1 aromatic heterocycles. The molecule has 1 nitrogen and oxygen atoms in total. The van der Waals surface area contributed by atoms with Gasteiger partial charge in [-0.3, -0.25) is 0 Å². The number of rotatable bonds is 1. The van der Waals surface area contributed by atoms with E-state index in [1.165, 1.54) is 0 Å². The summed E-state index contributed by atoms with van der Waals surface area (Å²) >= 11 is 17.0. The molecule has 68 valence electrons. The fourth-order valence-electron chi connectivity index (χ4n) is 0.720. The number of nitrogens with zero attached hydrogens (tertiary/aromatic N) is 1. The van der Waals surface area contributed by atoms with Gasteiger partial charge in [-0.2, -0.15) is 0 Å². The first-order chi connectivity index (χ1) is 6.25. The summed E-state index contributed by atoms with van der Waals surface area (Å²) in [6, 6.07) is 1.72. The molecule has 1 rings (SSSR count). The minimum atomic E-state index is 0.277. The van der Waals surface area contributed by atoms with Crippen LogP contribution < -0.4 is 0 Å². The molecular formula is C9H6Cl3N. The normalized spacial score (nSPS) is 9.15. The van der Waals surface area contributed by atoms with Crippen molar-refractivity contribution in [3.8, 4) is 11.8 Å². The zero-order valence-corrected chi connectivity index (χ0v) is 8.92. The van der Waals surface area contributed by atoms with E-state index in [9.17, 15) is 0 Å². The molecule has 0 fully saturated rings. The smallest absolute Gasteiger partial charge is 0.148 e. The number of pyridine rings is 1. The van der Waals surface area contributed by atoms with Gasteiger partial charge < -0.3 is 0 Å². The standard InChI is InChI=1S/C9H6Cl3N/c10-5-2-1-3-7-4-6-13-9(12)8(7)11/h4,6H,2,5H2. The van der Waals surface area contributed by atoms with E-state index in [2.05, 4.69) is 16.8 Å². The van der Waals surface area contributed by atoms with Crippen molar-refractivity contribution in [1.82, 2.24) is 4.98 Å². The van der Waals surface area contributed by atoms with E-state index in [4.69, 9.17) is 34.8 Å². The Morgan fingerprint density at radius 1 is 1.38 bits per heavy atom. The van der Waals surface area contributed by atoms with Crippen molar-refractivity contribution in [2.24, 2.45) is 0 Å². The van der Waals surface area contributed by atoms with Crippen LogP contribution in [0.1, 0.15) is 12.0 Å². The van der Waals surface area contributed by atoms with Crippen molar-refractivity contribution in [3.05, 3.63) is 28.0 Å². The maximum Gasteiger partial charge on any atom is 0.148 e. The van der Waals surface area contributed by atoms with Crippen LogP contribution in [0.4, 0.5) is 0 Å². The molecule has 13 heavy (non-hydrogen) atoms. The molecule has 0 bridgehead atoms. The van der Waals surface area contributed by atoms with Crippen LogP contribution in [0.5, 0.6) is 0 Å². The minimum absolute atomic E-state index is 0.277. The average Bonchev–Trinajstić information content (AvgIpc) is 2.13. The molecule has 0 saturated carbocycles. The van der Waals surface area contributed by atoms with Crippen molar-refractivity contribution < 1.29 is 0 Å². The van der Waals surface area contributed by atoms with Crippen molar-refractivity contribution >= 4 is 34.8 Å². The van der Waals surface area contributed by atoms with Crippen LogP contribution in [0.3, 0.4) is 0 Å². The van der Waals surface area contributed by atoms with Crippen LogP contribution in [0.2, 0.25) is 10.2 Å². The highest BCUT2D eigenvalue weighted by molar-refractivity contribution is 6.41. The van der Waals surface area contributed by atoms with Gasteiger partial charge in [-0.25, -0.2) is 4.98 Å². The topological polar surface area (TPSA) is 12.9 Å². The summed E-state index contributed by atoms with van der Waals surface area (Å²) in [7, 11) is 0. The summed E-state index contributed by atoms with van der Waals surface area (Å²) in [5, 5.41) is 0.672. The van der Waals surface area contributed by atoms with Crippen molar-refractivity contribution in [2.75, 3.05) is 5.88 Å². The third-order valence-corrected chi connectivity index (χ3v) is 2.24. The third kappa shape index (κ3) is 3.08. The predicted molar refractivity (Wildman–Crippen MR) is 56.5 cm³/mol. The van der Waals surface area contributed by atoms with Crippen LogP contribution in [0.25, 0.3) is 0 Å². The highest BCUT2D eigenvalue weighted by atomic mass is 35.5. The van der Waals surface area contributed by atoms with Crippen LogP contribution in [0.15, 0.2) is 12.3 Å². The Bertz CT molecular complexity index is 352. The lowest BCUT2D eigenvalue weighted by atomic mass is 10.2. The molecular weight excluding hydrogens is 228 g/mol. The van der Waals surface area contributed by atoms with Gasteiger partial charge in [0, 0.05) is 24.1 Å². The molecule has 4 heteroatoms. The minimum Gasteiger partial charge on any atom is -0.243 e. The summed E-state index contributed by atoms with van der Waals surface area (Å²) in [6.45, 7) is 0. The van der Waals surface area contributed by atoms with E-state index >= 15 is 0 Å². The Hall–Kier alpha value is -0.420. The van der Waals surface area contributed by atoms with Gasteiger partial charge in [0.2, 0.25) is 0 Å². The zero-order valence-electron chi connectivity index (χ0n) is 6.65. The molecule has 1 aromatic rings. The predicted octanol–water partition coefficient (Wildman–Crippen LogP) is 3.37. The van der Waals surface area contributed by atoms with Gasteiger partial charge in [-0.15, -0.1) is 11.6 Å². The molecule has 0 spiro atoms. The zero-order chi connectivity index (χ0) is 9.68. The average molecular weight is 235 g/mol. The van der Waals surface area contributed by atoms with E-state index in [0.29, 0.717) is 22.9 Å². The Morgan fingerprint density at radius 2 is 2.15 bits per heavy atom. The van der Waals surface area contributed by atoms with Gasteiger partial charge in [0.25, 0.3) is 0 Å². The van der Waals surface area contributed by atoms with E-state index in [-0.39, 0.29) is 5.15 Å². The molecule has 1 heterocycles. The summed E-state index contributed by atoms with van der Waals surface area (Å²) < 4.78 is 0. The van der Waals surface area contributed by atoms with Gasteiger partial charge in [0.05, 0.1) is 5.02 Å². The quantitative estimate of drug-likeness (QED) is 0.412. The lowest BCUT2D eigenvalue weighted by molar-refractivity contribution is 1.28. The fraction of sp³-hybridized carbons (Fsp3) is 0.222. The molecule has 0 aliphatic carbocycles. The largest absolute Gasteiger partial charge is 0.243 e. The van der Waals surface area contributed by atoms with E-state index in [1.54, 1.807) is 12.3 Å². The number of hydrogen-bond donors (Lipinski definition) is 0. The first-order valence-electron chi connectivity index (χ1n) is 3.60. The van der Waals surface area contributed by atoms with Gasteiger partial charge in [0.15, 0.2) is 0 Å². The van der Waals surface area contributed by atoms with Crippen LogP contribution in [0, 0.1) is 11.8 Å². The first kappa shape index (κ1) is 10.7. The number of hydrogen-bond acceptors (Lipinski definition) is 1. The van der Waals surface area contributed by atoms with E-state index in [0.717, 1.165) is 0 Å². The molecule has 0 aliphatic rings. The number of aromatic nitrogens is 1. The van der Waals surface area contributed by atoms with E-state index in [1.807, 2.05) is 0 Å². The van der Waals surface area contributed by atoms with E-state index < -0.39 is 0 Å². The Balaban J connectivity index is 2.91. The lowest BCUT2D eigenvalue weighted by Crippen LogP contribution is -1.81. The molecule has 0 amide bonds. The van der Waals surface area contributed by atoms with Crippen molar-refractivity contribution in [2.45, 2.75) is 6.42 Å². The highest BCUT2D eigenvalue weighted by Gasteiger charge is 2.01. The Kier molecular flexibility index (Phi) is 4.38. The monoisotopic (exact) mass is 233 g/mol. The molecule has 0 atom stereocenters. The highest BCUT2D eigenvalue weighted by Crippen LogP contribution is 2.22. The van der Waals surface area contributed by atoms with Crippen molar-refractivity contribution in [3.63, 3.8) is 0 Å². The molecule has 0 unspecified atom stereocenters. The van der Waals surface area contributed by atoms with Gasteiger partial charge in [-0.05, 0) is 6.07 Å². The SMILES string of the molecule is ClCCC#Cc1ccnc(Cl)c1Cl. The van der Waals surface area contributed by atoms with Crippen LogP contribution >= 0.6 is 34.8 Å². The summed E-state index contributed by atoms with van der Waals surface area (Å²) in [5.74, 6) is 6.25. The second-order valence-electron chi connectivity index (χ2n) is 2.20. The fourth-order valence-corrected chi connectivity index (χ4v) is 1.13. The molecule has 0 aromatic carbocycles. The molecule has 0 radical (unpaired) electrons. The summed E-state index contributed by atoms with van der Waals surface area (Å²) in [6.07, 6.45) is 2.21. The number of alkyl halides is 1. The maximum absolute atomic E-state index is 5.84. The third-order valence-electron chi connectivity index (χ3n) is 1.29. The van der Waals surface area contributed by atoms with Crippen LogP contribution in [-0.2, 0) is 0 Å². The Labute approximate surface area is 92.0 Å². The summed E-state index contributed by atoms with van der Waals surface area (Å²) in [5.41, 5.74) is 0.687. The Morgan fingerprint density at radius 3 is 2.85 bits per heavy atom. The lowest BCUT2D eigenvalue weighted by Gasteiger charge is -1.95. The van der Waals surface area contributed by atoms with Crippen molar-refractivity contribution in [1.29, 1.82) is 0 Å². The molecule has 0 aliphatic heterocycles. The summed E-state index contributed by atoms with van der Waals surface area (Å²) in [4.78, 5) is 3.81.